The first-order valence-electron chi connectivity index (χ1n) is 7.12. The molecule has 2 heterocycles. The fourth-order valence-corrected chi connectivity index (χ4v) is 2.93. The first-order valence-corrected chi connectivity index (χ1v) is 7.94. The zero-order valence-electron chi connectivity index (χ0n) is 13.0. The zero-order valence-corrected chi connectivity index (χ0v) is 13.8. The number of nitrogens with one attached hydrogen (secondary N) is 1. The first kappa shape index (κ1) is 16.1. The highest BCUT2D eigenvalue weighted by Crippen LogP contribution is 2.29. The Morgan fingerprint density at radius 1 is 1.29 bits per heavy atom. The van der Waals surface area contributed by atoms with E-state index in [4.69, 9.17) is 9.52 Å². The molecule has 7 heteroatoms. The molecule has 1 fully saturated rings. The van der Waals surface area contributed by atoms with Gasteiger partial charge in [0, 0.05) is 6.08 Å². The van der Waals surface area contributed by atoms with Crippen LogP contribution in [0.1, 0.15) is 27.4 Å². The van der Waals surface area contributed by atoms with Gasteiger partial charge in [-0.15, -0.1) is 0 Å². The van der Waals surface area contributed by atoms with Crippen molar-refractivity contribution in [1.29, 1.82) is 0 Å². The van der Waals surface area contributed by atoms with Gasteiger partial charge in [0.15, 0.2) is 5.17 Å². The van der Waals surface area contributed by atoms with E-state index in [-0.39, 0.29) is 11.5 Å². The summed E-state index contributed by atoms with van der Waals surface area (Å²) in [7, 11) is 0. The van der Waals surface area contributed by atoms with Crippen LogP contribution >= 0.6 is 11.8 Å². The Hall–Kier alpha value is -2.80. The standard InChI is InChI=1S/C17H14N2O4S/c1-9-3-5-11(16(21)22)7-13(9)18-17-19-15(20)14(24-17)8-12-6-4-10(2)23-12/h3-8H,1-2H3,(H,21,22)(H,18,19,20). The summed E-state index contributed by atoms with van der Waals surface area (Å²) in [5, 5.41) is 12.1. The molecule has 1 amide bonds. The lowest BCUT2D eigenvalue weighted by Gasteiger charge is -2.03. The molecule has 0 radical (unpaired) electrons. The molecule has 1 aromatic heterocycles. The summed E-state index contributed by atoms with van der Waals surface area (Å²) < 4.78 is 5.43. The van der Waals surface area contributed by atoms with Crippen molar-refractivity contribution < 1.29 is 19.1 Å². The van der Waals surface area contributed by atoms with Gasteiger partial charge >= 0.3 is 5.97 Å². The van der Waals surface area contributed by atoms with Crippen molar-refractivity contribution in [3.63, 3.8) is 0 Å². The Morgan fingerprint density at radius 3 is 2.75 bits per heavy atom. The van der Waals surface area contributed by atoms with Crippen LogP contribution in [0.15, 0.2) is 44.6 Å². The lowest BCUT2D eigenvalue weighted by Crippen LogP contribution is -2.19. The number of amides is 1. The lowest BCUT2D eigenvalue weighted by molar-refractivity contribution is -0.115. The van der Waals surface area contributed by atoms with Crippen LogP contribution < -0.4 is 5.32 Å². The van der Waals surface area contributed by atoms with Gasteiger partial charge in [-0.05, 0) is 55.4 Å². The van der Waals surface area contributed by atoms with E-state index in [1.165, 1.54) is 23.9 Å². The van der Waals surface area contributed by atoms with Crippen molar-refractivity contribution in [3.8, 4) is 0 Å². The second kappa shape index (κ2) is 6.37. The van der Waals surface area contributed by atoms with Gasteiger partial charge in [0.05, 0.1) is 16.2 Å². The van der Waals surface area contributed by atoms with Crippen LogP contribution in [-0.2, 0) is 4.79 Å². The Labute approximate surface area is 142 Å². The molecule has 122 valence electrons. The van der Waals surface area contributed by atoms with Gasteiger partial charge in [-0.3, -0.25) is 4.79 Å². The molecule has 24 heavy (non-hydrogen) atoms. The summed E-state index contributed by atoms with van der Waals surface area (Å²) in [5.74, 6) is 0.0730. The van der Waals surface area contributed by atoms with Crippen LogP contribution in [-0.4, -0.2) is 22.2 Å². The molecule has 2 aromatic rings. The molecule has 0 aliphatic carbocycles. The molecule has 1 aromatic carbocycles. The first-order chi connectivity index (χ1) is 11.4. The number of aliphatic imine (C=N–C) groups is 1. The Morgan fingerprint density at radius 2 is 2.08 bits per heavy atom. The predicted octanol–water partition coefficient (Wildman–Crippen LogP) is 3.49. The van der Waals surface area contributed by atoms with E-state index in [0.29, 0.717) is 21.5 Å². The number of aromatic carboxylic acids is 1. The number of nitrogens with zero attached hydrogens (tertiary/aromatic N) is 1. The minimum absolute atomic E-state index is 0.149. The Bertz CT molecular complexity index is 896. The van der Waals surface area contributed by atoms with E-state index in [2.05, 4.69) is 10.3 Å². The summed E-state index contributed by atoms with van der Waals surface area (Å²) in [4.78, 5) is 27.9. The van der Waals surface area contributed by atoms with E-state index < -0.39 is 5.97 Å². The predicted molar refractivity (Wildman–Crippen MR) is 92.4 cm³/mol. The molecule has 0 spiro atoms. The average Bonchev–Trinajstić information content (AvgIpc) is 3.08. The molecular formula is C17H14N2O4S. The van der Waals surface area contributed by atoms with Gasteiger partial charge in [-0.25, -0.2) is 9.79 Å². The smallest absolute Gasteiger partial charge is 0.335 e. The van der Waals surface area contributed by atoms with Crippen molar-refractivity contribution in [3.05, 3.63) is 57.9 Å². The van der Waals surface area contributed by atoms with Crippen LogP contribution in [0.4, 0.5) is 5.69 Å². The number of carbonyl (C=O) groups is 2. The van der Waals surface area contributed by atoms with Gasteiger partial charge < -0.3 is 14.8 Å². The van der Waals surface area contributed by atoms with Crippen LogP contribution in [0.2, 0.25) is 0 Å². The molecule has 0 atom stereocenters. The molecule has 0 saturated carbocycles. The number of hydrogen-bond donors (Lipinski definition) is 2. The zero-order chi connectivity index (χ0) is 17.3. The number of amidine groups is 1. The van der Waals surface area contributed by atoms with Gasteiger partial charge in [-0.1, -0.05) is 6.07 Å². The van der Waals surface area contributed by atoms with Gasteiger partial charge in [-0.2, -0.15) is 0 Å². The number of thioether (sulfide) groups is 1. The van der Waals surface area contributed by atoms with E-state index in [0.717, 1.165) is 11.3 Å². The van der Waals surface area contributed by atoms with Crippen molar-refractivity contribution in [2.24, 2.45) is 4.99 Å². The summed E-state index contributed by atoms with van der Waals surface area (Å²) in [5.41, 5.74) is 1.48. The highest BCUT2D eigenvalue weighted by Gasteiger charge is 2.24. The monoisotopic (exact) mass is 342 g/mol. The highest BCUT2D eigenvalue weighted by molar-refractivity contribution is 8.18. The SMILES string of the molecule is Cc1ccc(C=C2SC(=Nc3cc(C(=O)O)ccc3C)NC2=O)o1. The maximum atomic E-state index is 12.0. The summed E-state index contributed by atoms with van der Waals surface area (Å²) in [6, 6.07) is 8.29. The van der Waals surface area contributed by atoms with Crippen LogP contribution in [0.25, 0.3) is 6.08 Å². The molecular weight excluding hydrogens is 328 g/mol. The molecule has 2 N–H and O–H groups in total. The van der Waals surface area contributed by atoms with Gasteiger partial charge in [0.1, 0.15) is 11.5 Å². The topological polar surface area (TPSA) is 91.9 Å². The number of carboxylic acid groups (broad SMARTS) is 1. The minimum Gasteiger partial charge on any atom is -0.478 e. The Balaban J connectivity index is 1.88. The van der Waals surface area contributed by atoms with E-state index in [1.54, 1.807) is 18.2 Å². The lowest BCUT2D eigenvalue weighted by atomic mass is 10.1. The Kier molecular flexibility index (Phi) is 4.26. The fourth-order valence-electron chi connectivity index (χ4n) is 2.11. The number of rotatable bonds is 3. The number of carboxylic acids is 1. The summed E-state index contributed by atoms with van der Waals surface area (Å²) >= 11 is 1.18. The molecule has 3 rings (SSSR count). The minimum atomic E-state index is -1.02. The second-order valence-electron chi connectivity index (χ2n) is 5.24. The molecule has 6 nitrogen and oxygen atoms in total. The van der Waals surface area contributed by atoms with Crippen molar-refractivity contribution in [1.82, 2.24) is 5.32 Å². The number of carbonyl (C=O) groups excluding carboxylic acids is 1. The number of aryl methyl sites for hydroxylation is 2. The number of furan rings is 1. The van der Waals surface area contributed by atoms with Crippen LogP contribution in [0, 0.1) is 13.8 Å². The van der Waals surface area contributed by atoms with Crippen molar-refractivity contribution in [2.75, 3.05) is 0 Å². The molecule has 1 aliphatic heterocycles. The second-order valence-corrected chi connectivity index (χ2v) is 6.27. The highest BCUT2D eigenvalue weighted by atomic mass is 32.2. The van der Waals surface area contributed by atoms with E-state index in [9.17, 15) is 9.59 Å². The fraction of sp³-hybridized carbons (Fsp3) is 0.118. The van der Waals surface area contributed by atoms with Crippen molar-refractivity contribution in [2.45, 2.75) is 13.8 Å². The maximum absolute atomic E-state index is 12.0. The van der Waals surface area contributed by atoms with Gasteiger partial charge in [0.2, 0.25) is 0 Å². The number of hydrogen-bond acceptors (Lipinski definition) is 5. The quantitative estimate of drug-likeness (QED) is 0.833. The molecule has 0 unspecified atom stereocenters. The largest absolute Gasteiger partial charge is 0.478 e. The third kappa shape index (κ3) is 3.41. The summed E-state index contributed by atoms with van der Waals surface area (Å²) in [6.07, 6.45) is 1.65. The van der Waals surface area contributed by atoms with Crippen molar-refractivity contribution >= 4 is 40.6 Å². The average molecular weight is 342 g/mol. The summed E-state index contributed by atoms with van der Waals surface area (Å²) in [6.45, 7) is 3.66. The normalized spacial score (nSPS) is 17.5. The molecule has 0 bridgehead atoms. The van der Waals surface area contributed by atoms with E-state index >= 15 is 0 Å². The van der Waals surface area contributed by atoms with E-state index in [1.807, 2.05) is 19.9 Å². The molecule has 1 saturated heterocycles. The number of benzene rings is 1. The third-order valence-electron chi connectivity index (χ3n) is 3.36. The molecule has 1 aliphatic rings. The van der Waals surface area contributed by atoms with Crippen LogP contribution in [0.5, 0.6) is 0 Å². The maximum Gasteiger partial charge on any atom is 0.335 e. The van der Waals surface area contributed by atoms with Crippen LogP contribution in [0.3, 0.4) is 0 Å². The van der Waals surface area contributed by atoms with Gasteiger partial charge in [0.25, 0.3) is 5.91 Å². The third-order valence-corrected chi connectivity index (χ3v) is 4.27.